The van der Waals surface area contributed by atoms with Crippen LogP contribution in [0.1, 0.15) is 12.8 Å². The highest BCUT2D eigenvalue weighted by atomic mass is 16.5. The quantitative estimate of drug-likeness (QED) is 0.654. The van der Waals surface area contributed by atoms with Crippen molar-refractivity contribution in [2.45, 2.75) is 12.8 Å². The number of hydrogen-bond acceptors (Lipinski definition) is 3. The van der Waals surface area contributed by atoms with Gasteiger partial charge < -0.3 is 4.74 Å². The molecule has 1 atom stereocenters. The number of ether oxygens (including phenoxy) is 1. The molecule has 1 unspecified atom stereocenters. The number of carbonyl (C=O) groups excluding carboxylic acids is 1. The van der Waals surface area contributed by atoms with Gasteiger partial charge in [0.25, 0.3) is 0 Å². The lowest BCUT2D eigenvalue weighted by atomic mass is 9.92. The van der Waals surface area contributed by atoms with E-state index in [9.17, 15) is 4.79 Å². The topological polar surface area (TPSA) is 29.5 Å². The molecule has 2 aliphatic rings. The number of hydrogen-bond donors (Lipinski definition) is 0. The van der Waals surface area contributed by atoms with E-state index in [-0.39, 0.29) is 5.92 Å². The first-order valence-corrected chi connectivity index (χ1v) is 5.37. The van der Waals surface area contributed by atoms with E-state index in [1.165, 1.54) is 0 Å². The molecule has 14 heavy (non-hydrogen) atoms. The van der Waals surface area contributed by atoms with Crippen molar-refractivity contribution in [1.82, 2.24) is 4.90 Å². The van der Waals surface area contributed by atoms with Crippen LogP contribution in [0.2, 0.25) is 0 Å². The molecule has 2 rings (SSSR count). The van der Waals surface area contributed by atoms with Crippen LogP contribution in [-0.2, 0) is 9.53 Å². The molecule has 0 spiro atoms. The zero-order valence-electron chi connectivity index (χ0n) is 8.45. The van der Waals surface area contributed by atoms with Gasteiger partial charge in [0.15, 0.2) is 5.78 Å². The van der Waals surface area contributed by atoms with Gasteiger partial charge >= 0.3 is 0 Å². The number of rotatable bonds is 2. The van der Waals surface area contributed by atoms with Crippen LogP contribution in [0.15, 0.2) is 12.2 Å². The van der Waals surface area contributed by atoms with Crippen molar-refractivity contribution in [2.24, 2.45) is 5.92 Å². The summed E-state index contributed by atoms with van der Waals surface area (Å²) in [5.41, 5.74) is 0. The lowest BCUT2D eigenvalue weighted by Crippen LogP contribution is -2.41. The van der Waals surface area contributed by atoms with Gasteiger partial charge in [-0.15, -0.1) is 0 Å². The molecule has 0 saturated carbocycles. The van der Waals surface area contributed by atoms with Crippen LogP contribution in [0.5, 0.6) is 0 Å². The third-order valence-corrected chi connectivity index (χ3v) is 2.95. The number of carbonyl (C=O) groups is 1. The van der Waals surface area contributed by atoms with Crippen LogP contribution in [0.4, 0.5) is 0 Å². The molecular weight excluding hydrogens is 178 g/mol. The summed E-state index contributed by atoms with van der Waals surface area (Å²) in [5.74, 6) is 0.542. The summed E-state index contributed by atoms with van der Waals surface area (Å²) in [6.07, 6.45) is 5.81. The van der Waals surface area contributed by atoms with Gasteiger partial charge in [0.05, 0.1) is 13.2 Å². The predicted octanol–water partition coefficient (Wildman–Crippen LogP) is 0.854. The molecule has 1 heterocycles. The van der Waals surface area contributed by atoms with Crippen molar-refractivity contribution in [3.05, 3.63) is 12.2 Å². The lowest BCUT2D eigenvalue weighted by Gasteiger charge is -2.30. The van der Waals surface area contributed by atoms with E-state index in [2.05, 4.69) is 4.90 Å². The van der Waals surface area contributed by atoms with Gasteiger partial charge in [-0.25, -0.2) is 0 Å². The van der Waals surface area contributed by atoms with Crippen LogP contribution < -0.4 is 0 Å². The molecule has 0 bridgehead atoms. The van der Waals surface area contributed by atoms with Crippen LogP contribution in [-0.4, -0.2) is 43.5 Å². The second-order valence-electron chi connectivity index (χ2n) is 3.99. The van der Waals surface area contributed by atoms with Gasteiger partial charge in [-0.2, -0.15) is 0 Å². The number of nitrogens with zero attached hydrogens (tertiary/aromatic N) is 1. The zero-order valence-corrected chi connectivity index (χ0v) is 8.45. The molecule has 0 aromatic rings. The number of ketones is 1. The monoisotopic (exact) mass is 195 g/mol. The van der Waals surface area contributed by atoms with Crippen molar-refractivity contribution < 1.29 is 9.53 Å². The predicted molar refractivity (Wildman–Crippen MR) is 54.1 cm³/mol. The molecule has 1 aliphatic heterocycles. The molecule has 3 nitrogen and oxygen atoms in total. The Labute approximate surface area is 84.7 Å². The van der Waals surface area contributed by atoms with E-state index in [0.29, 0.717) is 5.78 Å². The normalized spacial score (nSPS) is 29.4. The Morgan fingerprint density at radius 2 is 2.21 bits per heavy atom. The molecule has 1 fully saturated rings. The van der Waals surface area contributed by atoms with Crippen molar-refractivity contribution >= 4 is 5.78 Å². The standard InChI is InChI=1S/C11H17NO2/c13-11-4-2-1-3-10(11)9-12-5-7-14-8-6-12/h2,4,10H,1,3,5-9H2. The minimum atomic E-state index is 0.234. The zero-order chi connectivity index (χ0) is 9.80. The van der Waals surface area contributed by atoms with Crippen LogP contribution in [0, 0.1) is 5.92 Å². The van der Waals surface area contributed by atoms with E-state index in [1.807, 2.05) is 6.08 Å². The van der Waals surface area contributed by atoms with Crippen molar-refractivity contribution in [2.75, 3.05) is 32.8 Å². The summed E-state index contributed by atoms with van der Waals surface area (Å²) in [7, 11) is 0. The van der Waals surface area contributed by atoms with E-state index in [4.69, 9.17) is 4.74 Å². The molecule has 1 aliphatic carbocycles. The van der Waals surface area contributed by atoms with Crippen molar-refractivity contribution in [3.63, 3.8) is 0 Å². The Hall–Kier alpha value is -0.670. The van der Waals surface area contributed by atoms with Crippen molar-refractivity contribution in [1.29, 1.82) is 0 Å². The highest BCUT2D eigenvalue weighted by Gasteiger charge is 2.22. The molecule has 0 radical (unpaired) electrons. The average Bonchev–Trinajstić information content (AvgIpc) is 2.23. The maximum absolute atomic E-state index is 11.5. The summed E-state index contributed by atoms with van der Waals surface area (Å²) in [6, 6.07) is 0. The molecule has 0 aromatic heterocycles. The summed E-state index contributed by atoms with van der Waals surface area (Å²) in [5, 5.41) is 0. The fourth-order valence-corrected chi connectivity index (χ4v) is 2.05. The Balaban J connectivity index is 1.83. The van der Waals surface area contributed by atoms with Crippen molar-refractivity contribution in [3.8, 4) is 0 Å². The van der Waals surface area contributed by atoms with Crippen LogP contribution in [0.3, 0.4) is 0 Å². The summed E-state index contributed by atoms with van der Waals surface area (Å²) < 4.78 is 5.28. The Morgan fingerprint density at radius 1 is 1.43 bits per heavy atom. The third-order valence-electron chi connectivity index (χ3n) is 2.95. The molecule has 0 amide bonds. The molecule has 1 saturated heterocycles. The Morgan fingerprint density at radius 3 is 2.93 bits per heavy atom. The maximum Gasteiger partial charge on any atom is 0.159 e. The molecule has 0 N–H and O–H groups in total. The SMILES string of the molecule is O=C1C=CCCC1CN1CCOCC1. The van der Waals surface area contributed by atoms with E-state index in [0.717, 1.165) is 45.7 Å². The molecular formula is C11H17NO2. The Bertz CT molecular complexity index is 231. The molecule has 78 valence electrons. The first-order chi connectivity index (χ1) is 6.86. The van der Waals surface area contributed by atoms with Crippen LogP contribution >= 0.6 is 0 Å². The fraction of sp³-hybridized carbons (Fsp3) is 0.727. The second-order valence-corrected chi connectivity index (χ2v) is 3.99. The highest BCUT2D eigenvalue weighted by molar-refractivity contribution is 5.92. The van der Waals surface area contributed by atoms with E-state index >= 15 is 0 Å². The number of morpholine rings is 1. The first kappa shape index (κ1) is 9.87. The van der Waals surface area contributed by atoms with Gasteiger partial charge in [0, 0.05) is 25.6 Å². The van der Waals surface area contributed by atoms with Gasteiger partial charge in [0.2, 0.25) is 0 Å². The largest absolute Gasteiger partial charge is 0.379 e. The van der Waals surface area contributed by atoms with E-state index < -0.39 is 0 Å². The minimum absolute atomic E-state index is 0.234. The molecule has 0 aromatic carbocycles. The first-order valence-electron chi connectivity index (χ1n) is 5.37. The summed E-state index contributed by atoms with van der Waals surface area (Å²) in [6.45, 7) is 4.51. The maximum atomic E-state index is 11.5. The van der Waals surface area contributed by atoms with Gasteiger partial charge in [-0.3, -0.25) is 9.69 Å². The summed E-state index contributed by atoms with van der Waals surface area (Å²) in [4.78, 5) is 13.9. The second kappa shape index (κ2) is 4.71. The minimum Gasteiger partial charge on any atom is -0.379 e. The average molecular weight is 195 g/mol. The Kier molecular flexibility index (Phi) is 3.32. The molecule has 3 heteroatoms. The fourth-order valence-electron chi connectivity index (χ4n) is 2.05. The smallest absolute Gasteiger partial charge is 0.159 e. The third kappa shape index (κ3) is 2.42. The summed E-state index contributed by atoms with van der Waals surface area (Å²) >= 11 is 0. The van der Waals surface area contributed by atoms with Crippen LogP contribution in [0.25, 0.3) is 0 Å². The highest BCUT2D eigenvalue weighted by Crippen LogP contribution is 2.16. The lowest BCUT2D eigenvalue weighted by molar-refractivity contribution is -0.119. The number of allylic oxidation sites excluding steroid dienone is 2. The van der Waals surface area contributed by atoms with E-state index in [1.54, 1.807) is 6.08 Å². The van der Waals surface area contributed by atoms with Gasteiger partial charge in [-0.05, 0) is 18.9 Å². The van der Waals surface area contributed by atoms with Gasteiger partial charge in [0.1, 0.15) is 0 Å². The van der Waals surface area contributed by atoms with Gasteiger partial charge in [-0.1, -0.05) is 6.08 Å².